The van der Waals surface area contributed by atoms with E-state index in [4.69, 9.17) is 0 Å². The van der Waals surface area contributed by atoms with Crippen LogP contribution in [0.1, 0.15) is 51.4 Å². The predicted octanol–water partition coefficient (Wildman–Crippen LogP) is 2.45. The highest BCUT2D eigenvalue weighted by molar-refractivity contribution is 5.94. The number of nitrogens with zero attached hydrogens (tertiary/aromatic N) is 2. The van der Waals surface area contributed by atoms with Gasteiger partial charge in [-0.3, -0.25) is 4.79 Å². The summed E-state index contributed by atoms with van der Waals surface area (Å²) in [7, 11) is 0. The number of aliphatic hydroxyl groups is 1. The van der Waals surface area contributed by atoms with Crippen LogP contribution in [0.4, 0.5) is 5.82 Å². The number of pyridine rings is 1. The lowest BCUT2D eigenvalue weighted by Gasteiger charge is -2.29. The molecule has 22 heavy (non-hydrogen) atoms. The second kappa shape index (κ2) is 8.13. The Morgan fingerprint density at radius 2 is 2.00 bits per heavy atom. The number of hydrogen-bond acceptors (Lipinski definition) is 4. The van der Waals surface area contributed by atoms with Crippen molar-refractivity contribution in [2.45, 2.75) is 46.6 Å². The molecule has 1 amide bonds. The molecule has 0 saturated heterocycles. The molecule has 0 saturated carbocycles. The predicted molar refractivity (Wildman–Crippen MR) is 90.2 cm³/mol. The van der Waals surface area contributed by atoms with Crippen molar-refractivity contribution in [1.82, 2.24) is 10.3 Å². The molecule has 124 valence electrons. The average molecular weight is 307 g/mol. The number of aromatic nitrogens is 1. The third kappa shape index (κ3) is 4.70. The Morgan fingerprint density at radius 3 is 2.45 bits per heavy atom. The molecule has 0 aliphatic heterocycles. The van der Waals surface area contributed by atoms with E-state index in [0.717, 1.165) is 25.3 Å². The first-order valence-corrected chi connectivity index (χ1v) is 8.07. The Morgan fingerprint density at radius 1 is 1.36 bits per heavy atom. The van der Waals surface area contributed by atoms with Crippen LogP contribution in [0.2, 0.25) is 0 Å². The van der Waals surface area contributed by atoms with Gasteiger partial charge >= 0.3 is 0 Å². The molecule has 1 aromatic rings. The maximum Gasteiger partial charge on any atom is 0.252 e. The summed E-state index contributed by atoms with van der Waals surface area (Å²) in [6, 6.07) is 3.63. The maximum atomic E-state index is 12.1. The molecule has 1 rings (SSSR count). The van der Waals surface area contributed by atoms with E-state index in [-0.39, 0.29) is 18.4 Å². The summed E-state index contributed by atoms with van der Waals surface area (Å²) in [5.74, 6) is 0.784. The Balaban J connectivity index is 2.67. The van der Waals surface area contributed by atoms with Crippen molar-refractivity contribution in [3.63, 3.8) is 0 Å². The van der Waals surface area contributed by atoms with Crippen LogP contribution in [0.25, 0.3) is 0 Å². The van der Waals surface area contributed by atoms with Gasteiger partial charge in [-0.25, -0.2) is 4.98 Å². The summed E-state index contributed by atoms with van der Waals surface area (Å²) in [5, 5.41) is 13.1. The minimum atomic E-state index is -0.904. The first kappa shape index (κ1) is 18.4. The molecule has 2 unspecified atom stereocenters. The molecule has 1 aromatic heterocycles. The summed E-state index contributed by atoms with van der Waals surface area (Å²) >= 11 is 0. The van der Waals surface area contributed by atoms with Gasteiger partial charge in [-0.1, -0.05) is 20.3 Å². The van der Waals surface area contributed by atoms with Crippen molar-refractivity contribution < 1.29 is 9.90 Å². The second-order valence-corrected chi connectivity index (χ2v) is 5.93. The monoisotopic (exact) mass is 307 g/mol. The maximum absolute atomic E-state index is 12.1. The molecule has 0 radical (unpaired) electrons. The number of nitrogens with one attached hydrogen (secondary N) is 1. The topological polar surface area (TPSA) is 65.5 Å². The van der Waals surface area contributed by atoms with E-state index >= 15 is 0 Å². The van der Waals surface area contributed by atoms with Crippen LogP contribution in [0.15, 0.2) is 18.3 Å². The zero-order valence-electron chi connectivity index (χ0n) is 14.4. The molecule has 5 nitrogen and oxygen atoms in total. The highest BCUT2D eigenvalue weighted by Gasteiger charge is 2.27. The molecule has 2 atom stereocenters. The van der Waals surface area contributed by atoms with E-state index in [1.807, 2.05) is 19.9 Å². The van der Waals surface area contributed by atoms with Crippen molar-refractivity contribution >= 4 is 11.7 Å². The van der Waals surface area contributed by atoms with Crippen molar-refractivity contribution in [1.29, 1.82) is 0 Å². The normalized spacial score (nSPS) is 15.0. The molecule has 0 fully saturated rings. The van der Waals surface area contributed by atoms with Gasteiger partial charge in [-0.2, -0.15) is 0 Å². The van der Waals surface area contributed by atoms with E-state index in [0.29, 0.717) is 5.56 Å². The summed E-state index contributed by atoms with van der Waals surface area (Å²) in [4.78, 5) is 18.6. The number of hydrogen-bond donors (Lipinski definition) is 2. The fourth-order valence-electron chi connectivity index (χ4n) is 2.23. The van der Waals surface area contributed by atoms with E-state index < -0.39 is 5.60 Å². The average Bonchev–Trinajstić information content (AvgIpc) is 2.53. The van der Waals surface area contributed by atoms with Gasteiger partial charge in [-0.05, 0) is 38.8 Å². The number of rotatable bonds is 8. The number of anilines is 1. The molecular weight excluding hydrogens is 278 g/mol. The van der Waals surface area contributed by atoms with Gasteiger partial charge in [0.05, 0.1) is 11.2 Å². The fraction of sp³-hybridized carbons (Fsp3) is 0.647. The Hall–Kier alpha value is -1.62. The summed E-state index contributed by atoms with van der Waals surface area (Å²) in [5.41, 5.74) is -0.394. The van der Waals surface area contributed by atoms with Gasteiger partial charge in [0.25, 0.3) is 5.91 Å². The van der Waals surface area contributed by atoms with Crippen molar-refractivity contribution in [2.24, 2.45) is 5.92 Å². The standard InChI is InChI=1S/C17H29N3O2/c1-6-13(4)17(5,22)12-19-16(21)14-9-10-15(18-11-14)20(7-2)8-3/h9-11,13,22H,6-8,12H2,1-5H3,(H,19,21). The van der Waals surface area contributed by atoms with Gasteiger partial charge in [0.15, 0.2) is 0 Å². The summed E-state index contributed by atoms with van der Waals surface area (Å²) < 4.78 is 0. The van der Waals surface area contributed by atoms with Crippen LogP contribution in [0, 0.1) is 5.92 Å². The van der Waals surface area contributed by atoms with Crippen LogP contribution >= 0.6 is 0 Å². The van der Waals surface area contributed by atoms with E-state index in [9.17, 15) is 9.90 Å². The molecule has 0 aromatic carbocycles. The van der Waals surface area contributed by atoms with E-state index in [2.05, 4.69) is 29.0 Å². The van der Waals surface area contributed by atoms with Gasteiger partial charge < -0.3 is 15.3 Å². The lowest BCUT2D eigenvalue weighted by atomic mass is 9.88. The van der Waals surface area contributed by atoms with Gasteiger partial charge in [0.1, 0.15) is 5.82 Å². The lowest BCUT2D eigenvalue weighted by Crippen LogP contribution is -2.45. The smallest absolute Gasteiger partial charge is 0.252 e. The highest BCUT2D eigenvalue weighted by Crippen LogP contribution is 2.19. The van der Waals surface area contributed by atoms with Crippen LogP contribution < -0.4 is 10.2 Å². The van der Waals surface area contributed by atoms with Gasteiger partial charge in [0, 0.05) is 25.8 Å². The largest absolute Gasteiger partial charge is 0.388 e. The zero-order chi connectivity index (χ0) is 16.8. The molecular formula is C17H29N3O2. The zero-order valence-corrected chi connectivity index (χ0v) is 14.4. The molecule has 1 heterocycles. The molecule has 0 bridgehead atoms. The van der Waals surface area contributed by atoms with Gasteiger partial charge in [-0.15, -0.1) is 0 Å². The van der Waals surface area contributed by atoms with Gasteiger partial charge in [0.2, 0.25) is 0 Å². The van der Waals surface area contributed by atoms with Crippen LogP contribution in [0.3, 0.4) is 0 Å². The molecule has 5 heteroatoms. The Bertz CT molecular complexity index is 467. The van der Waals surface area contributed by atoms with Crippen LogP contribution in [0.5, 0.6) is 0 Å². The van der Waals surface area contributed by atoms with E-state index in [1.54, 1.807) is 19.2 Å². The lowest BCUT2D eigenvalue weighted by molar-refractivity contribution is 0.00592. The molecule has 0 aliphatic rings. The Labute approximate surface area is 133 Å². The number of carbonyl (C=O) groups is 1. The molecule has 0 aliphatic carbocycles. The minimum absolute atomic E-state index is 0.121. The quantitative estimate of drug-likeness (QED) is 0.774. The molecule has 0 spiro atoms. The Kier molecular flexibility index (Phi) is 6.81. The first-order valence-electron chi connectivity index (χ1n) is 8.07. The number of amides is 1. The van der Waals surface area contributed by atoms with Crippen molar-refractivity contribution in [3.8, 4) is 0 Å². The summed E-state index contributed by atoms with van der Waals surface area (Å²) in [6.07, 6.45) is 2.45. The van der Waals surface area contributed by atoms with Crippen LogP contribution in [-0.4, -0.2) is 41.2 Å². The van der Waals surface area contributed by atoms with Crippen LogP contribution in [-0.2, 0) is 0 Å². The second-order valence-electron chi connectivity index (χ2n) is 5.93. The molecule has 2 N–H and O–H groups in total. The third-order valence-electron chi connectivity index (χ3n) is 4.38. The number of carbonyl (C=O) groups excluding carboxylic acids is 1. The third-order valence-corrected chi connectivity index (χ3v) is 4.38. The fourth-order valence-corrected chi connectivity index (χ4v) is 2.23. The minimum Gasteiger partial charge on any atom is -0.388 e. The summed E-state index contributed by atoms with van der Waals surface area (Å²) in [6.45, 7) is 11.9. The first-order chi connectivity index (χ1) is 10.4. The van der Waals surface area contributed by atoms with Crippen molar-refractivity contribution in [2.75, 3.05) is 24.5 Å². The highest BCUT2D eigenvalue weighted by atomic mass is 16.3. The van der Waals surface area contributed by atoms with E-state index in [1.165, 1.54) is 0 Å². The SMILES string of the molecule is CCC(C)C(C)(O)CNC(=O)c1ccc(N(CC)CC)nc1. The van der Waals surface area contributed by atoms with Crippen molar-refractivity contribution in [3.05, 3.63) is 23.9 Å².